The molecule has 1 aliphatic carbocycles. The molecule has 40 heavy (non-hydrogen) atoms. The predicted octanol–water partition coefficient (Wildman–Crippen LogP) is 2.17. The number of methoxy groups -OCH3 is 1. The molecule has 9 nitrogen and oxygen atoms in total. The first kappa shape index (κ1) is 30.7. The molecular formula is C26H43ClF3N5O4S. The Kier molecular flexibility index (Phi) is 9.32. The number of rotatable bonds is 6. The van der Waals surface area contributed by atoms with Gasteiger partial charge in [0.25, 0.3) is 0 Å². The van der Waals surface area contributed by atoms with Crippen LogP contribution in [0.25, 0.3) is 0 Å². The molecule has 4 unspecified atom stereocenters. The van der Waals surface area contributed by atoms with Gasteiger partial charge < -0.3 is 9.64 Å². The van der Waals surface area contributed by atoms with Crippen LogP contribution in [-0.2, 0) is 19.4 Å². The molecule has 0 spiro atoms. The van der Waals surface area contributed by atoms with Crippen LogP contribution >= 0.6 is 11.6 Å². The van der Waals surface area contributed by atoms with Gasteiger partial charge in [0.1, 0.15) is 15.9 Å². The van der Waals surface area contributed by atoms with Crippen LogP contribution in [-0.4, -0.2) is 117 Å². The molecule has 5 rings (SSSR count). The number of carbonyl (C=O) groups is 1. The Bertz CT molecular complexity index is 1000. The molecule has 0 aromatic heterocycles. The molecule has 4 heterocycles. The molecular weight excluding hydrogens is 571 g/mol. The van der Waals surface area contributed by atoms with Crippen molar-refractivity contribution in [3.8, 4) is 0 Å². The van der Waals surface area contributed by atoms with Crippen molar-refractivity contribution in [2.45, 2.75) is 93.4 Å². The second-order valence-electron chi connectivity index (χ2n) is 12.4. The van der Waals surface area contributed by atoms with Gasteiger partial charge >= 0.3 is 6.18 Å². The molecule has 14 heteroatoms. The van der Waals surface area contributed by atoms with Gasteiger partial charge in [0.05, 0.1) is 29.8 Å². The Morgan fingerprint density at radius 3 is 2.42 bits per heavy atom. The zero-order chi connectivity index (χ0) is 28.8. The van der Waals surface area contributed by atoms with Crippen LogP contribution in [0, 0.1) is 17.8 Å². The van der Waals surface area contributed by atoms with Gasteiger partial charge in [-0.15, -0.1) is 11.6 Å². The number of ether oxygens (including phenoxy) is 1. The zero-order valence-electron chi connectivity index (χ0n) is 23.3. The quantitative estimate of drug-likeness (QED) is 0.348. The monoisotopic (exact) mass is 613 g/mol. The van der Waals surface area contributed by atoms with E-state index in [1.165, 1.54) is 7.05 Å². The Morgan fingerprint density at radius 1 is 1.12 bits per heavy atom. The van der Waals surface area contributed by atoms with E-state index in [0.29, 0.717) is 38.2 Å². The van der Waals surface area contributed by atoms with Crippen LogP contribution in [0.3, 0.4) is 0 Å². The van der Waals surface area contributed by atoms with E-state index >= 15 is 0 Å². The smallest absolute Gasteiger partial charge is 0.384 e. The first-order chi connectivity index (χ1) is 18.9. The van der Waals surface area contributed by atoms with Gasteiger partial charge in [-0.3, -0.25) is 15.0 Å². The Labute approximate surface area is 240 Å². The van der Waals surface area contributed by atoms with Gasteiger partial charge in [0, 0.05) is 57.1 Å². The fraction of sp³-hybridized carbons (Fsp3) is 0.962. The first-order valence-electron chi connectivity index (χ1n) is 14.6. The number of alkyl halides is 4. The van der Waals surface area contributed by atoms with Gasteiger partial charge in [-0.2, -0.15) is 13.2 Å². The number of nitrogens with zero attached hydrogens (tertiary/aromatic N) is 3. The van der Waals surface area contributed by atoms with Crippen LogP contribution in [0.2, 0.25) is 0 Å². The highest BCUT2D eigenvalue weighted by atomic mass is 35.5. The lowest BCUT2D eigenvalue weighted by Gasteiger charge is -2.56. The molecule has 6 atom stereocenters. The highest BCUT2D eigenvalue weighted by Gasteiger charge is 2.53. The standard InChI is InChI=1S/C26H43ClF3N5O4S/c1-33(25(36)17-8-11-40(37,38)12-9-17)24(26(28,29)30)16-3-5-19(6-4-16)34-10-7-18(15-39-2)23-20(34)14-31-22-13-21(27)32-35(22)23/h16-24,31-32H,3-15H2,1-2H3/t16?,18-,19?,20?,21?,22?,23?,24-/m0/s1. The molecule has 2 N–H and O–H groups in total. The minimum atomic E-state index is -4.55. The lowest BCUT2D eigenvalue weighted by atomic mass is 9.77. The maximum absolute atomic E-state index is 14.4. The van der Waals surface area contributed by atoms with Crippen molar-refractivity contribution in [3.63, 3.8) is 0 Å². The average molecular weight is 614 g/mol. The highest BCUT2D eigenvalue weighted by Crippen LogP contribution is 2.42. The summed E-state index contributed by atoms with van der Waals surface area (Å²) < 4.78 is 72.3. The third-order valence-corrected chi connectivity index (χ3v) is 12.0. The topological polar surface area (TPSA) is 94.2 Å². The second-order valence-corrected chi connectivity index (χ2v) is 15.2. The van der Waals surface area contributed by atoms with Crippen LogP contribution < -0.4 is 10.7 Å². The third-order valence-electron chi connectivity index (χ3n) is 10.0. The molecule has 1 amide bonds. The number of sulfone groups is 1. The molecule has 1 saturated carbocycles. The van der Waals surface area contributed by atoms with E-state index in [2.05, 4.69) is 20.7 Å². The fourth-order valence-electron chi connectivity index (χ4n) is 8.12. The summed E-state index contributed by atoms with van der Waals surface area (Å²) in [5.74, 6) is -1.88. The lowest BCUT2D eigenvalue weighted by molar-refractivity contribution is -0.203. The zero-order valence-corrected chi connectivity index (χ0v) is 24.9. The number of fused-ring (bicyclic) bond motifs is 3. The predicted molar refractivity (Wildman–Crippen MR) is 145 cm³/mol. The fourth-order valence-corrected chi connectivity index (χ4v) is 9.89. The van der Waals surface area contributed by atoms with Crippen molar-refractivity contribution >= 4 is 27.3 Å². The summed E-state index contributed by atoms with van der Waals surface area (Å²) >= 11 is 6.44. The van der Waals surface area contributed by atoms with Crippen LogP contribution in [0.5, 0.6) is 0 Å². The second kappa shape index (κ2) is 12.1. The number of hydrazine groups is 1. The van der Waals surface area contributed by atoms with Gasteiger partial charge in [-0.1, -0.05) is 0 Å². The van der Waals surface area contributed by atoms with E-state index in [0.717, 1.165) is 30.8 Å². The Morgan fingerprint density at radius 2 is 1.80 bits per heavy atom. The Hall–Kier alpha value is -0.700. The van der Waals surface area contributed by atoms with Gasteiger partial charge in [-0.25, -0.2) is 18.9 Å². The summed E-state index contributed by atoms with van der Waals surface area (Å²) in [6, 6.07) is -1.27. The summed E-state index contributed by atoms with van der Waals surface area (Å²) in [5.41, 5.74) is 3.28. The minimum absolute atomic E-state index is 0.0929. The lowest BCUT2D eigenvalue weighted by Crippen LogP contribution is -2.73. The van der Waals surface area contributed by atoms with Gasteiger partial charge in [-0.05, 0) is 57.4 Å². The Balaban J connectivity index is 1.25. The van der Waals surface area contributed by atoms with Crippen molar-refractivity contribution in [2.24, 2.45) is 17.8 Å². The molecule has 0 radical (unpaired) electrons. The van der Waals surface area contributed by atoms with E-state index in [-0.39, 0.29) is 54.1 Å². The first-order valence-corrected chi connectivity index (χ1v) is 16.9. The van der Waals surface area contributed by atoms with Gasteiger partial charge in [0.15, 0.2) is 0 Å². The molecule has 4 saturated heterocycles. The summed E-state index contributed by atoms with van der Waals surface area (Å²) in [7, 11) is -0.238. The third kappa shape index (κ3) is 6.30. The van der Waals surface area contributed by atoms with Crippen LogP contribution in [0.1, 0.15) is 51.4 Å². The number of piperidine rings is 1. The van der Waals surface area contributed by atoms with Crippen molar-refractivity contribution in [2.75, 3.05) is 45.4 Å². The highest BCUT2D eigenvalue weighted by molar-refractivity contribution is 7.91. The summed E-state index contributed by atoms with van der Waals surface area (Å²) in [6.07, 6.45) is -0.375. The number of likely N-dealkylation sites (tertiary alicyclic amines) is 1. The van der Waals surface area contributed by atoms with E-state index in [1.54, 1.807) is 7.11 Å². The largest absolute Gasteiger partial charge is 0.409 e. The number of hydrogen-bond donors (Lipinski definition) is 2. The molecule has 230 valence electrons. The molecule has 5 fully saturated rings. The van der Waals surface area contributed by atoms with Crippen LogP contribution in [0.15, 0.2) is 0 Å². The summed E-state index contributed by atoms with van der Waals surface area (Å²) in [5, 5.41) is 5.87. The van der Waals surface area contributed by atoms with E-state index < -0.39 is 39.8 Å². The summed E-state index contributed by atoms with van der Waals surface area (Å²) in [4.78, 5) is 16.5. The SMILES string of the molecule is COC[C@@H]1CCN(C2CCC([C@H](N(C)C(=O)C3CCS(=O)(=O)CC3)C(F)(F)F)CC2)C2CNC3CC(Cl)NN3C21. The van der Waals surface area contributed by atoms with Crippen molar-refractivity contribution in [1.29, 1.82) is 0 Å². The van der Waals surface area contributed by atoms with E-state index in [9.17, 15) is 26.4 Å². The average Bonchev–Trinajstić information content (AvgIpc) is 3.28. The van der Waals surface area contributed by atoms with Crippen molar-refractivity contribution < 1.29 is 31.1 Å². The van der Waals surface area contributed by atoms with Crippen molar-refractivity contribution in [3.05, 3.63) is 0 Å². The minimum Gasteiger partial charge on any atom is -0.384 e. The van der Waals surface area contributed by atoms with Gasteiger partial charge in [0.2, 0.25) is 5.91 Å². The maximum Gasteiger partial charge on any atom is 0.409 e. The van der Waals surface area contributed by atoms with Crippen LogP contribution in [0.4, 0.5) is 13.2 Å². The number of hydrogen-bond acceptors (Lipinski definition) is 8. The molecule has 0 aromatic carbocycles. The molecule has 4 aliphatic heterocycles. The molecule has 5 aliphatic rings. The number of halogens is 4. The van der Waals surface area contributed by atoms with Crippen molar-refractivity contribution in [1.82, 2.24) is 25.6 Å². The van der Waals surface area contributed by atoms with E-state index in [1.807, 2.05) is 0 Å². The number of carbonyl (C=O) groups excluding carboxylic acids is 1. The molecule has 0 aromatic rings. The van der Waals surface area contributed by atoms with E-state index in [4.69, 9.17) is 16.3 Å². The number of nitrogens with one attached hydrogen (secondary N) is 2. The normalized spacial score (nSPS) is 38.4. The summed E-state index contributed by atoms with van der Waals surface area (Å²) in [6.45, 7) is 2.33. The molecule has 0 bridgehead atoms. The maximum atomic E-state index is 14.4. The number of amides is 1.